The second-order valence-electron chi connectivity index (χ2n) is 4.60. The molecule has 1 aromatic rings. The lowest BCUT2D eigenvalue weighted by molar-refractivity contribution is 0.0941. The van der Waals surface area contributed by atoms with E-state index in [0.717, 1.165) is 0 Å². The molecule has 0 spiro atoms. The number of thiocarbonyl (C=S) groups is 1. The lowest BCUT2D eigenvalue weighted by atomic mass is 9.93. The highest BCUT2D eigenvalue weighted by atomic mass is 32.1. The Kier molecular flexibility index (Phi) is 4.13. The maximum absolute atomic E-state index is 11.8. The fourth-order valence-electron chi connectivity index (χ4n) is 1.20. The smallest absolute Gasteiger partial charge is 0.255 e. The number of phenols is 2. The molecular formula is C12H16N2O3S. The summed E-state index contributed by atoms with van der Waals surface area (Å²) < 4.78 is 0. The number of carbonyl (C=O) groups is 1. The van der Waals surface area contributed by atoms with E-state index < -0.39 is 17.1 Å². The van der Waals surface area contributed by atoms with Gasteiger partial charge in [-0.15, -0.1) is 0 Å². The molecule has 1 amide bonds. The van der Waals surface area contributed by atoms with E-state index in [2.05, 4.69) is 5.32 Å². The van der Waals surface area contributed by atoms with Crippen LogP contribution >= 0.6 is 12.2 Å². The first kappa shape index (κ1) is 14.2. The summed E-state index contributed by atoms with van der Waals surface area (Å²) in [5, 5.41) is 21.5. The van der Waals surface area contributed by atoms with Crippen molar-refractivity contribution in [2.24, 2.45) is 11.1 Å². The molecule has 98 valence electrons. The predicted molar refractivity (Wildman–Crippen MR) is 72.7 cm³/mol. The SMILES string of the molecule is CC(C)(CNC(=O)c1cccc(O)c1O)C(N)=S. The van der Waals surface area contributed by atoms with Crippen molar-refractivity contribution in [3.05, 3.63) is 23.8 Å². The largest absolute Gasteiger partial charge is 0.504 e. The number of nitrogens with two attached hydrogens (primary N) is 1. The molecule has 18 heavy (non-hydrogen) atoms. The molecule has 0 fully saturated rings. The number of phenolic OH excluding ortho intramolecular Hbond substituents is 2. The topological polar surface area (TPSA) is 95.6 Å². The Balaban J connectivity index is 2.78. The Morgan fingerprint density at radius 3 is 2.61 bits per heavy atom. The van der Waals surface area contributed by atoms with Crippen LogP contribution in [0.15, 0.2) is 18.2 Å². The predicted octanol–water partition coefficient (Wildman–Crippen LogP) is 1.14. The van der Waals surface area contributed by atoms with Gasteiger partial charge in [-0.25, -0.2) is 0 Å². The molecule has 0 aliphatic carbocycles. The molecule has 0 saturated carbocycles. The second-order valence-corrected chi connectivity index (χ2v) is 5.04. The van der Waals surface area contributed by atoms with Crippen molar-refractivity contribution in [1.82, 2.24) is 5.32 Å². The molecule has 0 aliphatic rings. The molecule has 0 aromatic heterocycles. The number of rotatable bonds is 4. The summed E-state index contributed by atoms with van der Waals surface area (Å²) in [6, 6.07) is 4.19. The summed E-state index contributed by atoms with van der Waals surface area (Å²) in [4.78, 5) is 12.1. The van der Waals surface area contributed by atoms with Gasteiger partial charge in [-0.3, -0.25) is 4.79 Å². The first-order valence-electron chi connectivity index (χ1n) is 5.35. The lowest BCUT2D eigenvalue weighted by Crippen LogP contribution is -2.41. The average molecular weight is 268 g/mol. The molecule has 0 aliphatic heterocycles. The standard InChI is InChI=1S/C12H16N2O3S/c1-12(2,11(13)18)6-14-10(17)7-4-3-5-8(15)9(7)16/h3-5,15-16H,6H2,1-2H3,(H2,13,18)(H,14,17). The van der Waals surface area contributed by atoms with Crippen LogP contribution in [0.25, 0.3) is 0 Å². The highest BCUT2D eigenvalue weighted by Crippen LogP contribution is 2.28. The van der Waals surface area contributed by atoms with Gasteiger partial charge < -0.3 is 21.3 Å². The lowest BCUT2D eigenvalue weighted by Gasteiger charge is -2.23. The van der Waals surface area contributed by atoms with Gasteiger partial charge in [-0.05, 0) is 12.1 Å². The van der Waals surface area contributed by atoms with Crippen LogP contribution in [0.3, 0.4) is 0 Å². The average Bonchev–Trinajstić information content (AvgIpc) is 2.29. The molecular weight excluding hydrogens is 252 g/mol. The van der Waals surface area contributed by atoms with Crippen LogP contribution in [0.5, 0.6) is 11.5 Å². The molecule has 1 rings (SSSR count). The molecule has 1 aromatic carbocycles. The van der Waals surface area contributed by atoms with E-state index in [4.69, 9.17) is 18.0 Å². The van der Waals surface area contributed by atoms with Gasteiger partial charge in [0.2, 0.25) is 0 Å². The molecule has 0 saturated heterocycles. The first-order chi connectivity index (χ1) is 8.25. The zero-order valence-corrected chi connectivity index (χ0v) is 11.0. The minimum absolute atomic E-state index is 0.00809. The molecule has 0 radical (unpaired) electrons. The van der Waals surface area contributed by atoms with Gasteiger partial charge in [0.25, 0.3) is 5.91 Å². The van der Waals surface area contributed by atoms with Gasteiger partial charge in [0.1, 0.15) is 0 Å². The molecule has 5 nitrogen and oxygen atoms in total. The van der Waals surface area contributed by atoms with Crippen LogP contribution in [-0.2, 0) is 0 Å². The number of aromatic hydroxyl groups is 2. The van der Waals surface area contributed by atoms with E-state index in [1.54, 1.807) is 13.8 Å². The Morgan fingerprint density at radius 1 is 1.44 bits per heavy atom. The van der Waals surface area contributed by atoms with Crippen LogP contribution < -0.4 is 11.1 Å². The third-order valence-electron chi connectivity index (χ3n) is 2.62. The van der Waals surface area contributed by atoms with Gasteiger partial charge in [0.05, 0.1) is 10.6 Å². The molecule has 0 atom stereocenters. The van der Waals surface area contributed by atoms with Gasteiger partial charge >= 0.3 is 0 Å². The van der Waals surface area contributed by atoms with Gasteiger partial charge in [-0.2, -0.15) is 0 Å². The van der Waals surface area contributed by atoms with Crippen molar-refractivity contribution < 1.29 is 15.0 Å². The van der Waals surface area contributed by atoms with Gasteiger partial charge in [0.15, 0.2) is 11.5 Å². The monoisotopic (exact) mass is 268 g/mol. The number of nitrogens with one attached hydrogen (secondary N) is 1. The van der Waals surface area contributed by atoms with Crippen LogP contribution in [0.4, 0.5) is 0 Å². The maximum Gasteiger partial charge on any atom is 0.255 e. The van der Waals surface area contributed by atoms with E-state index in [9.17, 15) is 15.0 Å². The Morgan fingerprint density at radius 2 is 2.06 bits per heavy atom. The van der Waals surface area contributed by atoms with Crippen LogP contribution in [-0.4, -0.2) is 27.7 Å². The Labute approximate surface area is 111 Å². The maximum atomic E-state index is 11.8. The number of carbonyl (C=O) groups excluding carboxylic acids is 1. The third-order valence-corrected chi connectivity index (χ3v) is 3.17. The Bertz CT molecular complexity index is 486. The number of hydrogen-bond acceptors (Lipinski definition) is 4. The molecule has 0 bridgehead atoms. The molecule has 5 N–H and O–H groups in total. The summed E-state index contributed by atoms with van der Waals surface area (Å²) in [5.74, 6) is -1.27. The summed E-state index contributed by atoms with van der Waals surface area (Å²) in [6.07, 6.45) is 0. The highest BCUT2D eigenvalue weighted by molar-refractivity contribution is 7.80. The van der Waals surface area contributed by atoms with E-state index in [1.807, 2.05) is 0 Å². The second kappa shape index (κ2) is 5.22. The van der Waals surface area contributed by atoms with Crippen molar-refractivity contribution in [3.63, 3.8) is 0 Å². The van der Waals surface area contributed by atoms with E-state index in [-0.39, 0.29) is 17.9 Å². The summed E-state index contributed by atoms with van der Waals surface area (Å²) in [5.41, 5.74) is 5.03. The summed E-state index contributed by atoms with van der Waals surface area (Å²) in [6.45, 7) is 3.85. The van der Waals surface area contributed by atoms with Crippen LogP contribution in [0.2, 0.25) is 0 Å². The van der Waals surface area contributed by atoms with E-state index >= 15 is 0 Å². The minimum atomic E-state index is -0.516. The fraction of sp³-hybridized carbons (Fsp3) is 0.333. The molecule has 6 heteroatoms. The number of para-hydroxylation sites is 1. The van der Waals surface area contributed by atoms with Crippen molar-refractivity contribution >= 4 is 23.1 Å². The third kappa shape index (κ3) is 3.10. The first-order valence-corrected chi connectivity index (χ1v) is 5.75. The van der Waals surface area contributed by atoms with Crippen molar-refractivity contribution in [2.45, 2.75) is 13.8 Å². The van der Waals surface area contributed by atoms with Gasteiger partial charge in [-0.1, -0.05) is 32.1 Å². The van der Waals surface area contributed by atoms with Crippen molar-refractivity contribution in [3.8, 4) is 11.5 Å². The normalized spacial score (nSPS) is 11.0. The van der Waals surface area contributed by atoms with Crippen molar-refractivity contribution in [1.29, 1.82) is 0 Å². The summed E-state index contributed by atoms with van der Waals surface area (Å²) in [7, 11) is 0. The highest BCUT2D eigenvalue weighted by Gasteiger charge is 2.23. The minimum Gasteiger partial charge on any atom is -0.504 e. The Hall–Kier alpha value is -1.82. The van der Waals surface area contributed by atoms with Crippen molar-refractivity contribution in [2.75, 3.05) is 6.54 Å². The quantitative estimate of drug-likeness (QED) is 0.485. The number of hydrogen-bond donors (Lipinski definition) is 4. The summed E-state index contributed by atoms with van der Waals surface area (Å²) >= 11 is 4.88. The van der Waals surface area contributed by atoms with E-state index in [1.165, 1.54) is 18.2 Å². The van der Waals surface area contributed by atoms with Crippen LogP contribution in [0, 0.1) is 5.41 Å². The number of benzene rings is 1. The zero-order chi connectivity index (χ0) is 13.9. The molecule has 0 unspecified atom stereocenters. The van der Waals surface area contributed by atoms with E-state index in [0.29, 0.717) is 4.99 Å². The zero-order valence-electron chi connectivity index (χ0n) is 10.2. The van der Waals surface area contributed by atoms with Gasteiger partial charge in [0, 0.05) is 12.0 Å². The van der Waals surface area contributed by atoms with Crippen LogP contribution in [0.1, 0.15) is 24.2 Å². The fourth-order valence-corrected chi connectivity index (χ4v) is 1.27. The number of amides is 1. The molecule has 0 heterocycles.